The van der Waals surface area contributed by atoms with Gasteiger partial charge in [-0.15, -0.1) is 0 Å². The van der Waals surface area contributed by atoms with Gasteiger partial charge in [0.05, 0.1) is 0 Å². The molecule has 1 saturated carbocycles. The molecule has 2 nitrogen and oxygen atoms in total. The summed E-state index contributed by atoms with van der Waals surface area (Å²) in [4.78, 5) is 0. The minimum absolute atomic E-state index is 0.264. The molecule has 0 radical (unpaired) electrons. The van der Waals surface area contributed by atoms with Crippen LogP contribution >= 0.6 is 0 Å². The lowest BCUT2D eigenvalue weighted by Gasteiger charge is -2.41. The maximum Gasteiger partial charge on any atom is 0.184 e. The highest BCUT2D eigenvalue weighted by atomic mass is 28.3. The summed E-state index contributed by atoms with van der Waals surface area (Å²) < 4.78 is 24.2. The van der Waals surface area contributed by atoms with Crippen LogP contribution in [-0.2, 0) is 10.8 Å². The summed E-state index contributed by atoms with van der Waals surface area (Å²) in [5.74, 6) is 2.97. The predicted octanol–water partition coefficient (Wildman–Crippen LogP) is 11.3. The first-order valence-corrected chi connectivity index (χ1v) is 22.2. The molecule has 0 unspecified atom stereocenters. The number of para-hydroxylation sites is 4. The smallest absolute Gasteiger partial charge is 0.184 e. The molecule has 1 fully saturated rings. The summed E-state index contributed by atoms with van der Waals surface area (Å²) in [5, 5.41) is 5.04. The van der Waals surface area contributed by atoms with Crippen molar-refractivity contribution in [3.05, 3.63) is 192 Å². The summed E-state index contributed by atoms with van der Waals surface area (Å²) in [6, 6.07) is 59.9. The molecule has 0 N–H and O–H groups in total. The lowest BCUT2D eigenvalue weighted by molar-refractivity contribution is 0.419. The highest BCUT2D eigenvalue weighted by Gasteiger charge is 2.47. The summed E-state index contributed by atoms with van der Waals surface area (Å²) in [7, 11) is -3.16. The zero-order valence-electron chi connectivity index (χ0n) is 33.7. The van der Waals surface area contributed by atoms with Gasteiger partial charge in [-0.05, 0) is 62.7 Å². The fraction of sp³-hybridized carbons (Fsp3) is 0.208. The van der Waals surface area contributed by atoms with Crippen molar-refractivity contribution in [2.45, 2.75) is 70.1 Å². The molecule has 0 bridgehead atoms. The van der Waals surface area contributed by atoms with E-state index in [0.717, 1.165) is 65.4 Å². The molecule has 0 amide bonds. The second kappa shape index (κ2) is 13.2. The molecule has 3 aliphatic rings. The van der Waals surface area contributed by atoms with Crippen LogP contribution in [0.4, 0.5) is 0 Å². The Kier molecular flexibility index (Phi) is 7.96. The van der Waals surface area contributed by atoms with E-state index in [4.69, 9.17) is 9.47 Å². The van der Waals surface area contributed by atoms with Crippen LogP contribution in [0, 0.1) is 0 Å². The largest absolute Gasteiger partial charge is 0.457 e. The quantitative estimate of drug-likeness (QED) is 0.125. The van der Waals surface area contributed by atoms with E-state index in [1.54, 1.807) is 0 Å². The van der Waals surface area contributed by atoms with Crippen LogP contribution in [0.5, 0.6) is 23.0 Å². The molecule has 7 aromatic carbocycles. The molecule has 3 heteroatoms. The van der Waals surface area contributed by atoms with Gasteiger partial charge in [0.2, 0.25) is 0 Å². The third-order valence-corrected chi connectivity index (χ3v) is 17.8. The van der Waals surface area contributed by atoms with Crippen LogP contribution in [0.2, 0.25) is 0 Å². The molecule has 1 aliphatic carbocycles. The fourth-order valence-electron chi connectivity index (χ4n) is 10.2. The standard InChI is InChI=1S/C53H48O2Si/c1-52(2)43-26-13-15-30-47(43)54-50-41(25-17-28-45(50)52)42-35-39(33-34-40(42)36-19-11-12-20-36)56(37-21-7-5-8-22-37,38-23-9-6-10-24-38)49-32-18-29-46-51(49)55-48-31-16-14-27-44(48)53(46,3)4/h5-10,13-18,21-36H,11-12,19-20H2,1-4H3/i36D. The fourth-order valence-corrected chi connectivity index (χ4v) is 15.0. The molecular weight excluding hydrogens is 697 g/mol. The van der Waals surface area contributed by atoms with Crippen molar-refractivity contribution < 1.29 is 10.8 Å². The van der Waals surface area contributed by atoms with Crippen LogP contribution in [0.25, 0.3) is 11.1 Å². The van der Waals surface area contributed by atoms with E-state index < -0.39 is 14.0 Å². The number of rotatable bonds is 6. The van der Waals surface area contributed by atoms with Gasteiger partial charge in [0.15, 0.2) is 8.07 Å². The van der Waals surface area contributed by atoms with Crippen molar-refractivity contribution in [1.82, 2.24) is 0 Å². The number of fused-ring (bicyclic) bond motifs is 4. The van der Waals surface area contributed by atoms with Crippen molar-refractivity contribution in [3.8, 4) is 34.1 Å². The third kappa shape index (κ3) is 5.20. The number of ether oxygens (including phenoxy) is 2. The van der Waals surface area contributed by atoms with Gasteiger partial charge >= 0.3 is 0 Å². The Labute approximate surface area is 334 Å². The van der Waals surface area contributed by atoms with Gasteiger partial charge in [0, 0.05) is 40.0 Å². The molecule has 0 spiro atoms. The van der Waals surface area contributed by atoms with Crippen molar-refractivity contribution in [2.75, 3.05) is 0 Å². The number of benzene rings is 7. The molecule has 7 aromatic rings. The third-order valence-electron chi connectivity index (χ3n) is 13.1. The van der Waals surface area contributed by atoms with Gasteiger partial charge in [-0.2, -0.15) is 0 Å². The maximum atomic E-state index is 10.1. The topological polar surface area (TPSA) is 18.5 Å². The van der Waals surface area contributed by atoms with E-state index in [0.29, 0.717) is 0 Å². The van der Waals surface area contributed by atoms with Gasteiger partial charge in [-0.25, -0.2) is 0 Å². The highest BCUT2D eigenvalue weighted by molar-refractivity contribution is 7.20. The maximum absolute atomic E-state index is 10.1. The van der Waals surface area contributed by atoms with Crippen molar-refractivity contribution in [2.24, 2.45) is 0 Å². The van der Waals surface area contributed by atoms with E-state index >= 15 is 0 Å². The number of hydrogen-bond acceptors (Lipinski definition) is 2. The summed E-state index contributed by atoms with van der Waals surface area (Å²) in [6.45, 7) is 9.26. The van der Waals surface area contributed by atoms with Gasteiger partial charge in [0.1, 0.15) is 23.0 Å². The molecule has 0 atom stereocenters. The Morgan fingerprint density at radius 2 is 0.982 bits per heavy atom. The number of hydrogen-bond donors (Lipinski definition) is 0. The first-order chi connectivity index (χ1) is 27.6. The first-order valence-electron chi connectivity index (χ1n) is 20.7. The highest BCUT2D eigenvalue weighted by Crippen LogP contribution is 2.53. The van der Waals surface area contributed by atoms with Crippen LogP contribution in [0.3, 0.4) is 0 Å². The minimum atomic E-state index is -3.16. The second-order valence-corrected chi connectivity index (χ2v) is 20.6. The van der Waals surface area contributed by atoms with E-state index in [2.05, 4.69) is 191 Å². The van der Waals surface area contributed by atoms with Crippen LogP contribution < -0.4 is 30.2 Å². The molecular formula is C53H48O2Si. The Morgan fingerprint density at radius 3 is 1.59 bits per heavy atom. The Bertz CT molecular complexity index is 2620. The summed E-state index contributed by atoms with van der Waals surface area (Å²) in [6.07, 6.45) is 3.81. The van der Waals surface area contributed by atoms with Crippen molar-refractivity contribution >= 4 is 28.8 Å². The molecule has 0 saturated heterocycles. The average Bonchev–Trinajstić information content (AvgIpc) is 3.69. The Balaban J connectivity index is 1.31. The van der Waals surface area contributed by atoms with E-state index in [-0.39, 0.29) is 10.8 Å². The molecule has 0 aromatic heterocycles. The minimum Gasteiger partial charge on any atom is -0.457 e. The normalized spacial score (nSPS) is 17.2. The molecule has 2 aliphatic heterocycles. The molecule has 276 valence electrons. The predicted molar refractivity (Wildman–Crippen MR) is 234 cm³/mol. The SMILES string of the molecule is [2H]C1(c2ccc([Si](c3ccccc3)(c3ccccc3)c3cccc4c3Oc3ccccc3C4(C)C)cc2-c2cccc3c2Oc2ccccc2C3(C)C)CCCC1. The zero-order valence-corrected chi connectivity index (χ0v) is 33.7. The average molecular weight is 746 g/mol. The summed E-state index contributed by atoms with van der Waals surface area (Å²) >= 11 is 0. The van der Waals surface area contributed by atoms with Gasteiger partial charge in [-0.1, -0.05) is 192 Å². The van der Waals surface area contributed by atoms with Gasteiger partial charge in [0.25, 0.3) is 0 Å². The first kappa shape index (κ1) is 33.7. The van der Waals surface area contributed by atoms with Crippen LogP contribution in [0.15, 0.2) is 164 Å². The Morgan fingerprint density at radius 1 is 0.482 bits per heavy atom. The molecule has 56 heavy (non-hydrogen) atoms. The second-order valence-electron chi connectivity index (χ2n) is 16.9. The van der Waals surface area contributed by atoms with Gasteiger partial charge < -0.3 is 9.47 Å². The van der Waals surface area contributed by atoms with Crippen LogP contribution in [0.1, 0.15) is 88.5 Å². The van der Waals surface area contributed by atoms with Gasteiger partial charge in [-0.3, -0.25) is 0 Å². The van der Waals surface area contributed by atoms with Crippen molar-refractivity contribution in [1.29, 1.82) is 0 Å². The van der Waals surface area contributed by atoms with Crippen molar-refractivity contribution in [3.63, 3.8) is 0 Å². The lowest BCUT2D eigenvalue weighted by atomic mass is 9.74. The monoisotopic (exact) mass is 745 g/mol. The van der Waals surface area contributed by atoms with E-state index in [1.807, 2.05) is 0 Å². The molecule has 2 heterocycles. The lowest BCUT2D eigenvalue weighted by Crippen LogP contribution is -2.75. The summed E-state index contributed by atoms with van der Waals surface area (Å²) in [5.41, 5.74) is 7.45. The van der Waals surface area contributed by atoms with Crippen LogP contribution in [-0.4, -0.2) is 8.07 Å². The zero-order chi connectivity index (χ0) is 39.0. The van der Waals surface area contributed by atoms with E-state index in [1.165, 1.54) is 43.0 Å². The van der Waals surface area contributed by atoms with E-state index in [9.17, 15) is 1.37 Å². The molecule has 10 rings (SSSR count). The Hall–Kier alpha value is -5.64.